The van der Waals surface area contributed by atoms with E-state index in [1.807, 2.05) is 0 Å². The lowest BCUT2D eigenvalue weighted by Gasteiger charge is -2.15. The van der Waals surface area contributed by atoms with Crippen LogP contribution in [-0.4, -0.2) is 4.92 Å². The second-order valence-corrected chi connectivity index (χ2v) is 6.19. The fourth-order valence-electron chi connectivity index (χ4n) is 2.92. The van der Waals surface area contributed by atoms with Crippen LogP contribution in [0, 0.1) is 85.7 Å². The lowest BCUT2D eigenvalue weighted by Crippen LogP contribution is -2.12. The van der Waals surface area contributed by atoms with E-state index in [0.717, 1.165) is 0 Å². The first kappa shape index (κ1) is 24.8. The third kappa shape index (κ3) is 3.23. The summed E-state index contributed by atoms with van der Waals surface area (Å²) in [4.78, 5) is 9.02. The first-order chi connectivity index (χ1) is 15.7. The molecule has 0 heterocycles. The fraction of sp³-hybridized carbons (Fsp3) is 0. The Hall–Kier alpha value is -3.85. The molecule has 0 amide bonds. The molecule has 0 aliphatic rings. The number of hydrogen-bond donors (Lipinski definition) is 0. The Balaban J connectivity index is 2.68. The predicted octanol–water partition coefficient (Wildman–Crippen LogP) is 6.74. The number of nitro groups is 1. The highest BCUT2D eigenvalue weighted by molar-refractivity contribution is 5.83. The van der Waals surface area contributed by atoms with Crippen molar-refractivity contribution in [3.63, 3.8) is 0 Å². The third-order valence-corrected chi connectivity index (χ3v) is 4.40. The van der Waals surface area contributed by atoms with Crippen LogP contribution in [0.2, 0.25) is 0 Å². The van der Waals surface area contributed by atoms with Crippen LogP contribution in [0.3, 0.4) is 0 Å². The summed E-state index contributed by atoms with van der Waals surface area (Å²) in [7, 11) is 0. The minimum Gasteiger partial charge on any atom is -0.258 e. The average molecular weight is 509 g/mol. The number of rotatable bonds is 3. The zero-order chi connectivity index (χ0) is 26.0. The van der Waals surface area contributed by atoms with Crippen LogP contribution in [0.5, 0.6) is 0 Å². The van der Waals surface area contributed by atoms with Crippen molar-refractivity contribution in [1.82, 2.24) is 0 Å². The summed E-state index contributed by atoms with van der Waals surface area (Å²) in [6, 6.07) is 0. The summed E-state index contributed by atoms with van der Waals surface area (Å²) < 4.78 is 181. The summed E-state index contributed by atoms with van der Waals surface area (Å²) in [5, 5.41) is 11.1. The first-order valence-electron chi connectivity index (χ1n) is 8.05. The lowest BCUT2D eigenvalue weighted by atomic mass is 9.93. The van der Waals surface area contributed by atoms with Gasteiger partial charge in [0.05, 0.1) is 21.6 Å². The molecule has 3 nitrogen and oxygen atoms in total. The van der Waals surface area contributed by atoms with Crippen LogP contribution >= 0.6 is 0 Å². The molecule has 0 unspecified atom stereocenters. The van der Waals surface area contributed by atoms with E-state index in [2.05, 4.69) is 0 Å². The number of hydrogen-bond acceptors (Lipinski definition) is 2. The van der Waals surface area contributed by atoms with Crippen molar-refractivity contribution in [2.75, 3.05) is 0 Å². The van der Waals surface area contributed by atoms with Crippen LogP contribution in [0.4, 0.5) is 62.8 Å². The number of benzene rings is 3. The standard InChI is InChI=1S/C18F13NO2/c19-5-1(2-6(20)11(25)15(29)12(26)7(2)21)10(24)17(31)18(32(33)34)4(5)3-8(22)13(27)16(30)14(28)9(3)23. The molecule has 3 aromatic rings. The van der Waals surface area contributed by atoms with Crippen molar-refractivity contribution >= 4 is 5.69 Å². The molecule has 180 valence electrons. The highest BCUT2D eigenvalue weighted by Gasteiger charge is 2.41. The summed E-state index contributed by atoms with van der Waals surface area (Å²) >= 11 is 0. The minimum atomic E-state index is -3.00. The number of halogens is 13. The molecule has 0 saturated carbocycles. The third-order valence-electron chi connectivity index (χ3n) is 4.40. The SMILES string of the molecule is O=[N+]([O-])c1c(F)c(F)c(-c2c(F)c(F)c(F)c(F)c2F)c(F)c1-c1c(F)c(F)c(F)c(F)c1F. The molecule has 0 N–H and O–H groups in total. The van der Waals surface area contributed by atoms with Crippen LogP contribution in [0.25, 0.3) is 22.3 Å². The minimum absolute atomic E-state index is 2.10. The van der Waals surface area contributed by atoms with Gasteiger partial charge >= 0.3 is 5.69 Å². The highest BCUT2D eigenvalue weighted by Crippen LogP contribution is 2.46. The van der Waals surface area contributed by atoms with Gasteiger partial charge in [-0.2, -0.15) is 4.39 Å². The molecular formula is C18F13NO2. The normalized spacial score (nSPS) is 11.3. The van der Waals surface area contributed by atoms with E-state index < -0.39 is 108 Å². The fourth-order valence-corrected chi connectivity index (χ4v) is 2.92. The van der Waals surface area contributed by atoms with Crippen LogP contribution in [0.15, 0.2) is 0 Å². The number of nitrogens with zero attached hydrogens (tertiary/aromatic N) is 1. The molecule has 0 atom stereocenters. The smallest absolute Gasteiger partial charge is 0.258 e. The van der Waals surface area contributed by atoms with Gasteiger partial charge in [0.1, 0.15) is 11.4 Å². The molecule has 3 aromatic carbocycles. The Morgan fingerprint density at radius 1 is 0.353 bits per heavy atom. The van der Waals surface area contributed by atoms with Crippen molar-refractivity contribution in [2.45, 2.75) is 0 Å². The summed E-state index contributed by atoms with van der Waals surface area (Å²) in [6.45, 7) is 0. The maximum atomic E-state index is 15.1. The molecule has 3 rings (SSSR count). The summed E-state index contributed by atoms with van der Waals surface area (Å²) in [5.41, 5.74) is -13.0. The Kier molecular flexibility index (Phi) is 5.96. The van der Waals surface area contributed by atoms with Crippen molar-refractivity contribution in [1.29, 1.82) is 0 Å². The van der Waals surface area contributed by atoms with E-state index in [0.29, 0.717) is 0 Å². The largest absolute Gasteiger partial charge is 0.318 e. The topological polar surface area (TPSA) is 43.1 Å². The zero-order valence-electron chi connectivity index (χ0n) is 15.2. The van der Waals surface area contributed by atoms with Gasteiger partial charge in [0.25, 0.3) is 0 Å². The summed E-state index contributed by atoms with van der Waals surface area (Å²) in [5.74, 6) is -38.2. The molecule has 0 aliphatic heterocycles. The zero-order valence-corrected chi connectivity index (χ0v) is 15.2. The van der Waals surface area contributed by atoms with Gasteiger partial charge in [0.2, 0.25) is 17.5 Å². The van der Waals surface area contributed by atoms with Gasteiger partial charge < -0.3 is 0 Å². The van der Waals surface area contributed by atoms with Crippen molar-refractivity contribution < 1.29 is 62.0 Å². The van der Waals surface area contributed by atoms with Crippen molar-refractivity contribution in [3.05, 3.63) is 85.7 Å². The van der Waals surface area contributed by atoms with Gasteiger partial charge in [-0.15, -0.1) is 0 Å². The van der Waals surface area contributed by atoms with Crippen molar-refractivity contribution in [3.8, 4) is 22.3 Å². The first-order valence-corrected chi connectivity index (χ1v) is 8.05. The molecule has 16 heteroatoms. The molecule has 34 heavy (non-hydrogen) atoms. The quantitative estimate of drug-likeness (QED) is 0.129. The Labute approximate surface area is 176 Å². The van der Waals surface area contributed by atoms with Gasteiger partial charge in [-0.3, -0.25) is 10.1 Å². The maximum absolute atomic E-state index is 15.1. The maximum Gasteiger partial charge on any atom is 0.318 e. The van der Waals surface area contributed by atoms with Crippen molar-refractivity contribution in [2.24, 2.45) is 0 Å². The molecule has 0 fully saturated rings. The number of nitro benzene ring substituents is 1. The Bertz CT molecular complexity index is 1360. The monoisotopic (exact) mass is 509 g/mol. The second-order valence-electron chi connectivity index (χ2n) is 6.19. The molecule has 0 radical (unpaired) electrons. The van der Waals surface area contributed by atoms with Gasteiger partial charge in [-0.1, -0.05) is 0 Å². The molecule has 0 aromatic heterocycles. The molecule has 0 aliphatic carbocycles. The average Bonchev–Trinajstić information content (AvgIpc) is 2.78. The van der Waals surface area contributed by atoms with E-state index in [4.69, 9.17) is 0 Å². The van der Waals surface area contributed by atoms with E-state index in [1.54, 1.807) is 0 Å². The lowest BCUT2D eigenvalue weighted by molar-refractivity contribution is -0.387. The van der Waals surface area contributed by atoms with Gasteiger partial charge in [0, 0.05) is 0 Å². The Morgan fingerprint density at radius 3 is 0.912 bits per heavy atom. The van der Waals surface area contributed by atoms with E-state index >= 15 is 4.39 Å². The summed E-state index contributed by atoms with van der Waals surface area (Å²) in [6.07, 6.45) is 0. The predicted molar refractivity (Wildman–Crippen MR) is 83.4 cm³/mol. The van der Waals surface area contributed by atoms with Gasteiger partial charge in [0.15, 0.2) is 52.4 Å². The van der Waals surface area contributed by atoms with Gasteiger partial charge in [-0.05, 0) is 0 Å². The molecule has 0 bridgehead atoms. The second kappa shape index (κ2) is 8.18. The molecule has 0 spiro atoms. The highest BCUT2D eigenvalue weighted by atomic mass is 19.2. The molecular weight excluding hydrogens is 509 g/mol. The van der Waals surface area contributed by atoms with E-state index in [-0.39, 0.29) is 0 Å². The van der Waals surface area contributed by atoms with Crippen LogP contribution < -0.4 is 0 Å². The molecule has 0 saturated heterocycles. The Morgan fingerprint density at radius 2 is 0.588 bits per heavy atom. The van der Waals surface area contributed by atoms with Crippen LogP contribution in [0.1, 0.15) is 0 Å². The van der Waals surface area contributed by atoms with Gasteiger partial charge in [-0.25, -0.2) is 52.7 Å². The van der Waals surface area contributed by atoms with Crippen LogP contribution in [-0.2, 0) is 0 Å². The van der Waals surface area contributed by atoms with E-state index in [1.165, 1.54) is 0 Å². The van der Waals surface area contributed by atoms with E-state index in [9.17, 15) is 62.8 Å².